The van der Waals surface area contributed by atoms with E-state index >= 15 is 0 Å². The van der Waals surface area contributed by atoms with Crippen LogP contribution in [0.3, 0.4) is 0 Å². The Bertz CT molecular complexity index is 1320. The highest BCUT2D eigenvalue weighted by molar-refractivity contribution is 5.97. The molecule has 1 aliphatic rings. The van der Waals surface area contributed by atoms with Gasteiger partial charge in [-0.15, -0.1) is 0 Å². The van der Waals surface area contributed by atoms with E-state index in [4.69, 9.17) is 0 Å². The number of hydrogen-bond donors (Lipinski definition) is 2. The van der Waals surface area contributed by atoms with Crippen LogP contribution in [-0.4, -0.2) is 41.5 Å². The van der Waals surface area contributed by atoms with Crippen molar-refractivity contribution < 1.29 is 18.0 Å². The molecule has 3 heterocycles. The molecule has 0 atom stereocenters. The molecule has 11 heteroatoms. The Balaban J connectivity index is 1.34. The number of hydrogen-bond acceptors (Lipinski definition) is 5. The Morgan fingerprint density at radius 2 is 2.06 bits per heavy atom. The number of alkyl halides is 2. The van der Waals surface area contributed by atoms with Crippen LogP contribution in [0.5, 0.6) is 0 Å². The summed E-state index contributed by atoms with van der Waals surface area (Å²) in [4.78, 5) is 28.0. The maximum absolute atomic E-state index is 14.1. The normalized spacial score (nSPS) is 15.6. The fourth-order valence-corrected chi connectivity index (χ4v) is 3.84. The minimum atomic E-state index is -2.67. The average Bonchev–Trinajstić information content (AvgIpc) is 3.32. The molecule has 0 radical (unpaired) electrons. The lowest BCUT2D eigenvalue weighted by Crippen LogP contribution is -2.34. The molecular weight excluding hydrogens is 423 g/mol. The van der Waals surface area contributed by atoms with Crippen LogP contribution in [-0.2, 0) is 18.3 Å². The van der Waals surface area contributed by atoms with Crippen molar-refractivity contribution in [2.24, 2.45) is 7.05 Å². The summed E-state index contributed by atoms with van der Waals surface area (Å²) in [6.07, 6.45) is 3.96. The number of carbonyl (C=O) groups excluding carboxylic acids is 1. The third-order valence-electron chi connectivity index (χ3n) is 5.40. The molecular formula is C21H18F3N7O. The monoisotopic (exact) mass is 441 g/mol. The first kappa shape index (κ1) is 20.2. The highest BCUT2D eigenvalue weighted by Gasteiger charge is 2.47. The molecule has 0 spiro atoms. The number of aryl methyl sites for hydroxylation is 1. The second kappa shape index (κ2) is 7.43. The van der Waals surface area contributed by atoms with E-state index in [-0.39, 0.29) is 36.6 Å². The zero-order valence-electron chi connectivity index (χ0n) is 16.9. The van der Waals surface area contributed by atoms with Crippen molar-refractivity contribution >= 4 is 22.9 Å². The highest BCUT2D eigenvalue weighted by atomic mass is 19.3. The molecule has 3 aromatic heterocycles. The molecule has 1 aliphatic carbocycles. The maximum Gasteiger partial charge on any atom is 0.249 e. The lowest BCUT2D eigenvalue weighted by Gasteiger charge is -2.33. The van der Waals surface area contributed by atoms with Gasteiger partial charge in [-0.1, -0.05) is 6.07 Å². The van der Waals surface area contributed by atoms with E-state index in [1.807, 2.05) is 0 Å². The van der Waals surface area contributed by atoms with Gasteiger partial charge in [-0.25, -0.2) is 28.1 Å². The molecule has 1 amide bonds. The van der Waals surface area contributed by atoms with Crippen LogP contribution in [0, 0.1) is 5.82 Å². The van der Waals surface area contributed by atoms with Crippen LogP contribution in [0.15, 0.2) is 36.9 Å². The Morgan fingerprint density at radius 1 is 1.25 bits per heavy atom. The zero-order valence-corrected chi connectivity index (χ0v) is 16.9. The number of fused-ring (bicyclic) bond motifs is 1. The summed E-state index contributed by atoms with van der Waals surface area (Å²) in [5, 5.41) is 6.75. The molecule has 32 heavy (non-hydrogen) atoms. The van der Waals surface area contributed by atoms with Crippen LogP contribution in [0.2, 0.25) is 0 Å². The minimum absolute atomic E-state index is 0.0909. The van der Waals surface area contributed by atoms with E-state index in [9.17, 15) is 18.0 Å². The molecule has 2 N–H and O–H groups in total. The maximum atomic E-state index is 14.1. The fraction of sp³-hybridized carbons (Fsp3) is 0.286. The Morgan fingerprint density at radius 3 is 2.78 bits per heavy atom. The van der Waals surface area contributed by atoms with Gasteiger partial charge in [0.2, 0.25) is 11.8 Å². The number of aromatic nitrogens is 6. The first-order chi connectivity index (χ1) is 15.3. The molecule has 1 saturated carbocycles. The Labute approximate surface area is 179 Å². The van der Waals surface area contributed by atoms with E-state index in [2.05, 4.69) is 30.4 Å². The first-order valence-corrected chi connectivity index (χ1v) is 9.92. The molecule has 164 valence electrons. The average molecular weight is 441 g/mol. The topological polar surface area (TPSA) is 101 Å². The second-order valence-electron chi connectivity index (χ2n) is 7.98. The number of nitrogens with zero attached hydrogens (tertiary/aromatic N) is 5. The van der Waals surface area contributed by atoms with Gasteiger partial charge in [-0.2, -0.15) is 5.10 Å². The van der Waals surface area contributed by atoms with Gasteiger partial charge in [0.25, 0.3) is 0 Å². The quantitative estimate of drug-likeness (QED) is 0.493. The molecule has 0 bridgehead atoms. The molecule has 4 aromatic rings. The molecule has 0 aliphatic heterocycles. The van der Waals surface area contributed by atoms with Crippen molar-refractivity contribution in [2.45, 2.75) is 31.1 Å². The van der Waals surface area contributed by atoms with E-state index in [0.717, 1.165) is 5.56 Å². The van der Waals surface area contributed by atoms with E-state index < -0.39 is 17.6 Å². The largest absolute Gasteiger partial charge is 0.337 e. The van der Waals surface area contributed by atoms with Gasteiger partial charge in [0.15, 0.2) is 11.5 Å². The third-order valence-corrected chi connectivity index (χ3v) is 5.40. The standard InChI is InChI=1S/C21H18F3N7O/c1-31-9-14(8-27-31)12-2-11(3-15(22)5-12)4-16(32)28-19-17-20(26-10-25-19)30-18(29-17)13-6-21(23,24)7-13/h2-3,5,8-10,13H,4,6-7H2,1H3,(H2,25,26,28,29,30,32). The highest BCUT2D eigenvalue weighted by Crippen LogP contribution is 2.47. The van der Waals surface area contributed by atoms with Crippen LogP contribution >= 0.6 is 0 Å². The summed E-state index contributed by atoms with van der Waals surface area (Å²) < 4.78 is 42.1. The number of H-pyrrole nitrogens is 1. The number of nitrogens with one attached hydrogen (secondary N) is 2. The van der Waals surface area contributed by atoms with Gasteiger partial charge in [0, 0.05) is 37.6 Å². The van der Waals surface area contributed by atoms with Crippen LogP contribution in [0.4, 0.5) is 19.0 Å². The summed E-state index contributed by atoms with van der Waals surface area (Å²) in [5.41, 5.74) is 2.47. The molecule has 1 fully saturated rings. The molecule has 0 unspecified atom stereocenters. The number of imidazole rings is 1. The van der Waals surface area contributed by atoms with Gasteiger partial charge in [0.1, 0.15) is 23.5 Å². The summed E-state index contributed by atoms with van der Waals surface area (Å²) in [5.74, 6) is -3.36. The first-order valence-electron chi connectivity index (χ1n) is 9.92. The van der Waals surface area contributed by atoms with Gasteiger partial charge < -0.3 is 10.3 Å². The number of benzene rings is 1. The van der Waals surface area contributed by atoms with Crippen molar-refractivity contribution in [1.29, 1.82) is 0 Å². The minimum Gasteiger partial charge on any atom is -0.337 e. The summed E-state index contributed by atoms with van der Waals surface area (Å²) in [7, 11) is 1.76. The summed E-state index contributed by atoms with van der Waals surface area (Å²) in [6.45, 7) is 0. The Hall–Kier alpha value is -3.76. The van der Waals surface area contributed by atoms with Crippen LogP contribution in [0.25, 0.3) is 22.3 Å². The summed E-state index contributed by atoms with van der Waals surface area (Å²) >= 11 is 0. The Kier molecular flexibility index (Phi) is 4.68. The summed E-state index contributed by atoms with van der Waals surface area (Å²) in [6, 6.07) is 4.39. The SMILES string of the molecule is Cn1cc(-c2cc(F)cc(CC(=O)Nc3ncnc4nc(C5CC(F)(F)C5)[nH]c34)c2)cn1. The van der Waals surface area contributed by atoms with Crippen LogP contribution in [0.1, 0.15) is 30.1 Å². The number of amides is 1. The zero-order chi connectivity index (χ0) is 22.5. The lowest BCUT2D eigenvalue weighted by molar-refractivity contribution is -0.115. The third kappa shape index (κ3) is 3.93. The molecule has 8 nitrogen and oxygen atoms in total. The van der Waals surface area contributed by atoms with Gasteiger partial charge in [0.05, 0.1) is 12.6 Å². The van der Waals surface area contributed by atoms with Crippen molar-refractivity contribution in [3.8, 4) is 11.1 Å². The predicted octanol–water partition coefficient (Wildman–Crippen LogP) is 3.59. The van der Waals surface area contributed by atoms with E-state index in [0.29, 0.717) is 22.5 Å². The molecule has 5 rings (SSSR count). The van der Waals surface area contributed by atoms with Crippen molar-refractivity contribution in [3.63, 3.8) is 0 Å². The fourth-order valence-electron chi connectivity index (χ4n) is 3.84. The van der Waals surface area contributed by atoms with Crippen molar-refractivity contribution in [1.82, 2.24) is 29.7 Å². The van der Waals surface area contributed by atoms with Gasteiger partial charge >= 0.3 is 0 Å². The number of carbonyl (C=O) groups is 1. The second-order valence-corrected chi connectivity index (χ2v) is 7.98. The van der Waals surface area contributed by atoms with E-state index in [1.165, 1.54) is 18.5 Å². The van der Waals surface area contributed by atoms with Gasteiger partial charge in [-0.05, 0) is 23.3 Å². The number of anilines is 1. The smallest absolute Gasteiger partial charge is 0.249 e. The number of halogens is 3. The lowest BCUT2D eigenvalue weighted by atomic mass is 9.81. The molecule has 1 aromatic carbocycles. The van der Waals surface area contributed by atoms with Crippen molar-refractivity contribution in [3.05, 3.63) is 54.1 Å². The van der Waals surface area contributed by atoms with Crippen LogP contribution < -0.4 is 5.32 Å². The number of rotatable bonds is 5. The molecule has 0 saturated heterocycles. The number of aromatic amines is 1. The van der Waals surface area contributed by atoms with Gasteiger partial charge in [-0.3, -0.25) is 9.48 Å². The van der Waals surface area contributed by atoms with Crippen molar-refractivity contribution in [2.75, 3.05) is 5.32 Å². The van der Waals surface area contributed by atoms with E-state index in [1.54, 1.807) is 30.2 Å². The predicted molar refractivity (Wildman–Crippen MR) is 110 cm³/mol.